The molecule has 2 aromatic carbocycles. The highest BCUT2D eigenvalue weighted by Crippen LogP contribution is 2.27. The second kappa shape index (κ2) is 14.0. The molecular formula is C28H35ClN4O6. The van der Waals surface area contributed by atoms with Crippen LogP contribution in [0.2, 0.25) is 5.02 Å². The normalized spacial score (nSPS) is 12.6. The summed E-state index contributed by atoms with van der Waals surface area (Å²) >= 11 is 6.29. The van der Waals surface area contributed by atoms with Gasteiger partial charge in [0, 0.05) is 37.0 Å². The molecule has 3 rings (SSSR count). The van der Waals surface area contributed by atoms with Crippen LogP contribution in [0.1, 0.15) is 48.1 Å². The number of hydrogen-bond donors (Lipinski definition) is 4. The fraction of sp³-hybridized carbons (Fsp3) is 0.393. The van der Waals surface area contributed by atoms with E-state index in [0.29, 0.717) is 40.7 Å². The van der Waals surface area contributed by atoms with Crippen molar-refractivity contribution in [1.29, 1.82) is 0 Å². The van der Waals surface area contributed by atoms with Crippen LogP contribution < -0.4 is 15.4 Å². The van der Waals surface area contributed by atoms with E-state index >= 15 is 0 Å². The zero-order chi connectivity index (χ0) is 28.5. The minimum absolute atomic E-state index is 0.0387. The second-order valence-corrected chi connectivity index (χ2v) is 9.77. The van der Waals surface area contributed by atoms with Gasteiger partial charge in [0.1, 0.15) is 17.6 Å². The quantitative estimate of drug-likeness (QED) is 0.266. The molecule has 0 saturated heterocycles. The highest BCUT2D eigenvalue weighted by molar-refractivity contribution is 6.32. The summed E-state index contributed by atoms with van der Waals surface area (Å²) in [6, 6.07) is 11.6. The third kappa shape index (κ3) is 8.19. The van der Waals surface area contributed by atoms with Gasteiger partial charge in [-0.25, -0.2) is 9.78 Å². The summed E-state index contributed by atoms with van der Waals surface area (Å²) in [4.78, 5) is 29.1. The molecule has 0 radical (unpaired) electrons. The summed E-state index contributed by atoms with van der Waals surface area (Å²) in [6.45, 7) is 3.38. The molecule has 2 amide bonds. The average Bonchev–Trinajstić information content (AvgIpc) is 3.29. The Balaban J connectivity index is 1.69. The first-order valence-electron chi connectivity index (χ1n) is 12.6. The number of carbonyl (C=O) groups excluding carboxylic acids is 2. The summed E-state index contributed by atoms with van der Waals surface area (Å²) in [5.41, 5.74) is 2.89. The maximum absolute atomic E-state index is 12.9. The SMILES string of the molecule is COC(=O)N[C@@H](CO)c1nc(-c2ccc(C[C@@H](CCO)NC(=O)c3ccc(OC(C)C)c(Cl)c3)cc2)cn1C. The van der Waals surface area contributed by atoms with Gasteiger partial charge in [-0.15, -0.1) is 0 Å². The zero-order valence-electron chi connectivity index (χ0n) is 22.5. The molecule has 0 aliphatic carbocycles. The maximum atomic E-state index is 12.9. The third-order valence-corrected chi connectivity index (χ3v) is 6.28. The van der Waals surface area contributed by atoms with E-state index in [2.05, 4.69) is 20.4 Å². The zero-order valence-corrected chi connectivity index (χ0v) is 23.2. The lowest BCUT2D eigenvalue weighted by Gasteiger charge is -2.19. The number of nitrogens with one attached hydrogen (secondary N) is 2. The number of aliphatic hydroxyl groups excluding tert-OH is 2. The minimum atomic E-state index is -0.716. The van der Waals surface area contributed by atoms with Crippen molar-refractivity contribution >= 4 is 23.6 Å². The molecule has 0 fully saturated rings. The molecule has 2 atom stereocenters. The molecule has 4 N–H and O–H groups in total. The summed E-state index contributed by atoms with van der Waals surface area (Å²) < 4.78 is 12.0. The molecule has 0 aliphatic rings. The molecule has 39 heavy (non-hydrogen) atoms. The van der Waals surface area contributed by atoms with Crippen LogP contribution in [0, 0.1) is 0 Å². The van der Waals surface area contributed by atoms with Crippen molar-refractivity contribution in [3.8, 4) is 17.0 Å². The van der Waals surface area contributed by atoms with Gasteiger partial charge in [0.2, 0.25) is 0 Å². The Bertz CT molecular complexity index is 1260. The monoisotopic (exact) mass is 558 g/mol. The molecule has 1 aromatic heterocycles. The van der Waals surface area contributed by atoms with Crippen LogP contribution in [0.15, 0.2) is 48.7 Å². The van der Waals surface area contributed by atoms with Crippen LogP contribution >= 0.6 is 11.6 Å². The van der Waals surface area contributed by atoms with E-state index in [1.807, 2.05) is 44.3 Å². The van der Waals surface area contributed by atoms with Gasteiger partial charge >= 0.3 is 6.09 Å². The predicted molar refractivity (Wildman–Crippen MR) is 148 cm³/mol. The molecule has 0 bridgehead atoms. The number of hydrogen-bond acceptors (Lipinski definition) is 7. The van der Waals surface area contributed by atoms with Crippen molar-refractivity contribution in [2.75, 3.05) is 20.3 Å². The number of halogens is 1. The first-order chi connectivity index (χ1) is 18.6. The highest BCUT2D eigenvalue weighted by atomic mass is 35.5. The maximum Gasteiger partial charge on any atom is 0.407 e. The Morgan fingerprint density at radius 1 is 1.10 bits per heavy atom. The van der Waals surface area contributed by atoms with Gasteiger partial charge in [-0.3, -0.25) is 4.79 Å². The first-order valence-corrected chi connectivity index (χ1v) is 13.0. The molecule has 11 heteroatoms. The van der Waals surface area contributed by atoms with Gasteiger partial charge in [0.25, 0.3) is 5.91 Å². The van der Waals surface area contributed by atoms with E-state index in [1.54, 1.807) is 29.8 Å². The van der Waals surface area contributed by atoms with Gasteiger partial charge in [0.15, 0.2) is 0 Å². The average molecular weight is 559 g/mol. The lowest BCUT2D eigenvalue weighted by atomic mass is 10.0. The Kier molecular flexibility index (Phi) is 10.7. The number of aliphatic hydroxyl groups is 2. The molecule has 3 aromatic rings. The first kappa shape index (κ1) is 29.9. The lowest BCUT2D eigenvalue weighted by Crippen LogP contribution is -2.37. The summed E-state index contributed by atoms with van der Waals surface area (Å²) in [6.07, 6.45) is 2.01. The number of aryl methyl sites for hydroxylation is 1. The van der Waals surface area contributed by atoms with Crippen LogP contribution in [0.4, 0.5) is 4.79 Å². The molecular weight excluding hydrogens is 524 g/mol. The van der Waals surface area contributed by atoms with E-state index in [9.17, 15) is 19.8 Å². The number of nitrogens with zero attached hydrogens (tertiary/aromatic N) is 2. The number of benzene rings is 2. The van der Waals surface area contributed by atoms with Gasteiger partial charge in [-0.05, 0) is 50.5 Å². The van der Waals surface area contributed by atoms with Crippen molar-refractivity contribution in [3.63, 3.8) is 0 Å². The minimum Gasteiger partial charge on any atom is -0.489 e. The van der Waals surface area contributed by atoms with Crippen molar-refractivity contribution in [2.45, 2.75) is 44.9 Å². The third-order valence-electron chi connectivity index (χ3n) is 5.99. The number of rotatable bonds is 12. The molecule has 0 saturated carbocycles. The van der Waals surface area contributed by atoms with E-state index < -0.39 is 12.1 Å². The number of ether oxygens (including phenoxy) is 2. The van der Waals surface area contributed by atoms with Gasteiger partial charge in [-0.2, -0.15) is 0 Å². The number of methoxy groups -OCH3 is 1. The van der Waals surface area contributed by atoms with Crippen molar-refractivity contribution in [3.05, 3.63) is 70.6 Å². The van der Waals surface area contributed by atoms with E-state index in [4.69, 9.17) is 16.3 Å². The summed E-state index contributed by atoms with van der Waals surface area (Å²) in [7, 11) is 3.03. The van der Waals surface area contributed by atoms with Crippen LogP contribution in [-0.2, 0) is 18.2 Å². The molecule has 1 heterocycles. The van der Waals surface area contributed by atoms with Crippen LogP contribution in [0.3, 0.4) is 0 Å². The van der Waals surface area contributed by atoms with Crippen LogP contribution in [-0.4, -0.2) is 64.2 Å². The van der Waals surface area contributed by atoms with Crippen molar-refractivity contribution in [2.24, 2.45) is 7.05 Å². The number of amides is 2. The molecule has 0 spiro atoms. The Morgan fingerprint density at radius 2 is 1.82 bits per heavy atom. The largest absolute Gasteiger partial charge is 0.489 e. The molecule has 0 aliphatic heterocycles. The Morgan fingerprint density at radius 3 is 2.41 bits per heavy atom. The highest BCUT2D eigenvalue weighted by Gasteiger charge is 2.20. The molecule has 210 valence electrons. The standard InChI is InChI=1S/C28H35ClN4O6/c1-17(2)39-25-10-9-20(14-22(25)29)27(36)30-21(11-12-34)13-18-5-7-19(8-6-18)23-15-33(3)26(31-23)24(16-35)32-28(37)38-4/h5-10,14-15,17,21,24,34-35H,11-13,16H2,1-4H3,(H,30,36)(H,32,37)/t21-,24+/m1/s1. The van der Waals surface area contributed by atoms with Crippen molar-refractivity contribution < 1.29 is 29.3 Å². The Labute approximate surface area is 232 Å². The number of imidazole rings is 1. The second-order valence-electron chi connectivity index (χ2n) is 9.36. The Hall–Kier alpha value is -3.60. The molecule has 0 unspecified atom stereocenters. The van der Waals surface area contributed by atoms with Crippen LogP contribution in [0.25, 0.3) is 11.3 Å². The number of carbonyl (C=O) groups is 2. The van der Waals surface area contributed by atoms with Gasteiger partial charge < -0.3 is 34.9 Å². The number of aromatic nitrogens is 2. The van der Waals surface area contributed by atoms with E-state index in [1.165, 1.54) is 7.11 Å². The van der Waals surface area contributed by atoms with Gasteiger partial charge in [0.05, 0.1) is 30.5 Å². The lowest BCUT2D eigenvalue weighted by molar-refractivity contribution is 0.0930. The van der Waals surface area contributed by atoms with E-state index in [0.717, 1.165) is 11.1 Å². The summed E-state index contributed by atoms with van der Waals surface area (Å²) in [5, 5.41) is 25.2. The molecule has 10 nitrogen and oxygen atoms in total. The predicted octanol–water partition coefficient (Wildman–Crippen LogP) is 3.64. The topological polar surface area (TPSA) is 135 Å². The van der Waals surface area contributed by atoms with Crippen LogP contribution in [0.5, 0.6) is 5.75 Å². The van der Waals surface area contributed by atoms with E-state index in [-0.39, 0.29) is 31.3 Å². The summed E-state index contributed by atoms with van der Waals surface area (Å²) in [5.74, 6) is 0.710. The number of alkyl carbamates (subject to hydrolysis) is 1. The smallest absolute Gasteiger partial charge is 0.407 e. The fourth-order valence-electron chi connectivity index (χ4n) is 4.07. The van der Waals surface area contributed by atoms with Gasteiger partial charge in [-0.1, -0.05) is 35.9 Å². The fourth-order valence-corrected chi connectivity index (χ4v) is 4.30. The van der Waals surface area contributed by atoms with Crippen molar-refractivity contribution in [1.82, 2.24) is 20.2 Å².